The summed E-state index contributed by atoms with van der Waals surface area (Å²) in [6, 6.07) is 10.2. The molecule has 4 heterocycles. The highest BCUT2D eigenvalue weighted by Gasteiger charge is 2.22. The van der Waals surface area contributed by atoms with Crippen molar-refractivity contribution in [2.75, 3.05) is 23.7 Å². The van der Waals surface area contributed by atoms with E-state index in [0.717, 1.165) is 38.2 Å². The number of likely N-dealkylation sites (tertiary alicyclic amines) is 1. The molecule has 4 aromatic rings. The minimum Gasteiger partial charge on any atom is -0.379 e. The van der Waals surface area contributed by atoms with E-state index in [-0.39, 0.29) is 11.7 Å². The number of anilines is 3. The number of thiophene rings is 1. The van der Waals surface area contributed by atoms with Crippen LogP contribution in [0.1, 0.15) is 49.2 Å². The number of rotatable bonds is 9. The molecule has 192 valence electrons. The van der Waals surface area contributed by atoms with E-state index in [1.165, 1.54) is 22.6 Å². The van der Waals surface area contributed by atoms with E-state index in [1.807, 2.05) is 34.8 Å². The summed E-state index contributed by atoms with van der Waals surface area (Å²) in [4.78, 5) is 26.1. The van der Waals surface area contributed by atoms with Crippen LogP contribution < -0.4 is 10.6 Å². The number of piperidine rings is 1. The first-order chi connectivity index (χ1) is 18.0. The van der Waals surface area contributed by atoms with Crippen molar-refractivity contribution in [2.24, 2.45) is 5.92 Å². The number of hydrogen-bond donors (Lipinski definition) is 2. The van der Waals surface area contributed by atoms with Crippen LogP contribution in [-0.4, -0.2) is 49.7 Å². The Kier molecular flexibility index (Phi) is 7.45. The molecule has 0 spiro atoms. The number of ketones is 1. The Morgan fingerprint density at radius 3 is 2.78 bits per heavy atom. The van der Waals surface area contributed by atoms with Crippen molar-refractivity contribution < 1.29 is 9.59 Å². The molecule has 0 saturated carbocycles. The summed E-state index contributed by atoms with van der Waals surface area (Å²) >= 11 is 1.71. The molecule has 0 atom stereocenters. The molecule has 0 unspecified atom stereocenters. The second-order valence-electron chi connectivity index (χ2n) is 9.41. The van der Waals surface area contributed by atoms with E-state index in [1.54, 1.807) is 17.5 Å². The standard InChI is InChI=1S/C27H31N7O2S/c1-3-25(36)33-10-7-19(8-11-33)16-34-17-22(15-29-34)30-24-13-23(26(18(2)35)32-31-24)28-14-21-6-4-5-20-9-12-37-27(20)21/h4-6,9,12-13,15,17,19H,3,7-8,10-11,14,16H2,1-2H3,(H2,28,30,31). The van der Waals surface area contributed by atoms with Crippen molar-refractivity contribution in [1.82, 2.24) is 24.9 Å². The average Bonchev–Trinajstić information content (AvgIpc) is 3.57. The molecule has 1 saturated heterocycles. The van der Waals surface area contributed by atoms with Gasteiger partial charge >= 0.3 is 0 Å². The molecule has 2 N–H and O–H groups in total. The molecule has 1 fully saturated rings. The first kappa shape index (κ1) is 24.9. The van der Waals surface area contributed by atoms with Crippen LogP contribution >= 0.6 is 11.3 Å². The van der Waals surface area contributed by atoms with Crippen molar-refractivity contribution in [3.05, 3.63) is 59.4 Å². The fourth-order valence-electron chi connectivity index (χ4n) is 4.76. The van der Waals surface area contributed by atoms with Gasteiger partial charge in [-0.2, -0.15) is 5.10 Å². The second kappa shape index (κ2) is 11.1. The molecule has 0 radical (unpaired) electrons. The zero-order chi connectivity index (χ0) is 25.8. The first-order valence-electron chi connectivity index (χ1n) is 12.6. The van der Waals surface area contributed by atoms with Gasteiger partial charge in [-0.05, 0) is 41.2 Å². The molecular formula is C27H31N7O2S. The van der Waals surface area contributed by atoms with E-state index in [0.29, 0.717) is 36.1 Å². The minimum atomic E-state index is -0.143. The predicted molar refractivity (Wildman–Crippen MR) is 146 cm³/mol. The molecule has 1 aliphatic rings. The van der Waals surface area contributed by atoms with Crippen LogP contribution in [0.2, 0.25) is 0 Å². The van der Waals surface area contributed by atoms with Crippen LogP contribution in [0.3, 0.4) is 0 Å². The van der Waals surface area contributed by atoms with Gasteiger partial charge in [-0.3, -0.25) is 14.3 Å². The molecule has 3 aromatic heterocycles. The van der Waals surface area contributed by atoms with Crippen molar-refractivity contribution in [1.29, 1.82) is 0 Å². The third-order valence-electron chi connectivity index (χ3n) is 6.78. The minimum absolute atomic E-state index is 0.143. The Labute approximate surface area is 219 Å². The number of Topliss-reactive ketones (excluding diaryl/α,β-unsaturated/α-hetero) is 1. The Morgan fingerprint density at radius 2 is 2.00 bits per heavy atom. The maximum atomic E-state index is 12.2. The molecule has 0 aliphatic carbocycles. The fourth-order valence-corrected chi connectivity index (χ4v) is 5.68. The van der Waals surface area contributed by atoms with Gasteiger partial charge in [0.05, 0.1) is 17.6 Å². The number of nitrogens with one attached hydrogen (secondary N) is 2. The molecule has 9 nitrogen and oxygen atoms in total. The number of carbonyl (C=O) groups is 2. The van der Waals surface area contributed by atoms with Crippen LogP contribution in [0.25, 0.3) is 10.1 Å². The molecule has 37 heavy (non-hydrogen) atoms. The lowest BCUT2D eigenvalue weighted by atomic mass is 9.96. The number of amides is 1. The first-order valence-corrected chi connectivity index (χ1v) is 13.5. The van der Waals surface area contributed by atoms with Gasteiger partial charge in [-0.15, -0.1) is 21.5 Å². The number of carbonyl (C=O) groups excluding carboxylic acids is 2. The SMILES string of the molecule is CCC(=O)N1CCC(Cn2cc(Nc3cc(NCc4cccc5ccsc45)c(C(C)=O)nn3)cn2)CC1. The average molecular weight is 518 g/mol. The predicted octanol–water partition coefficient (Wildman–Crippen LogP) is 5.09. The smallest absolute Gasteiger partial charge is 0.222 e. The molecular weight excluding hydrogens is 486 g/mol. The van der Waals surface area contributed by atoms with Crippen LogP contribution in [0, 0.1) is 5.92 Å². The van der Waals surface area contributed by atoms with Gasteiger partial charge in [-0.1, -0.05) is 25.1 Å². The number of hydrogen-bond acceptors (Lipinski definition) is 8. The van der Waals surface area contributed by atoms with E-state index in [4.69, 9.17) is 0 Å². The highest BCUT2D eigenvalue weighted by atomic mass is 32.1. The molecule has 0 bridgehead atoms. The van der Waals surface area contributed by atoms with E-state index < -0.39 is 0 Å². The van der Waals surface area contributed by atoms with Gasteiger partial charge < -0.3 is 15.5 Å². The number of aromatic nitrogens is 4. The summed E-state index contributed by atoms with van der Waals surface area (Å²) in [7, 11) is 0. The summed E-state index contributed by atoms with van der Waals surface area (Å²) in [5.41, 5.74) is 2.92. The van der Waals surface area contributed by atoms with Crippen molar-refractivity contribution in [2.45, 2.75) is 46.2 Å². The molecule has 1 amide bonds. The van der Waals surface area contributed by atoms with Crippen molar-refractivity contribution in [3.8, 4) is 0 Å². The Morgan fingerprint density at radius 1 is 1.16 bits per heavy atom. The normalized spacial score (nSPS) is 14.2. The monoisotopic (exact) mass is 517 g/mol. The van der Waals surface area contributed by atoms with Crippen LogP contribution in [0.4, 0.5) is 17.2 Å². The number of benzene rings is 1. The van der Waals surface area contributed by atoms with Gasteiger partial charge in [0.1, 0.15) is 0 Å². The molecule has 1 aliphatic heterocycles. The lowest BCUT2D eigenvalue weighted by molar-refractivity contribution is -0.132. The van der Waals surface area contributed by atoms with Crippen LogP contribution in [-0.2, 0) is 17.9 Å². The lowest BCUT2D eigenvalue weighted by Crippen LogP contribution is -2.38. The summed E-state index contributed by atoms with van der Waals surface area (Å²) in [5, 5.41) is 22.9. The van der Waals surface area contributed by atoms with E-state index in [9.17, 15) is 9.59 Å². The lowest BCUT2D eigenvalue weighted by Gasteiger charge is -2.31. The van der Waals surface area contributed by atoms with Gasteiger partial charge in [0.15, 0.2) is 17.3 Å². The summed E-state index contributed by atoms with van der Waals surface area (Å²) in [5.74, 6) is 1.12. The van der Waals surface area contributed by atoms with Gasteiger partial charge in [-0.25, -0.2) is 0 Å². The highest BCUT2D eigenvalue weighted by Crippen LogP contribution is 2.27. The molecule has 1 aromatic carbocycles. The van der Waals surface area contributed by atoms with Crippen LogP contribution in [0.5, 0.6) is 0 Å². The summed E-state index contributed by atoms with van der Waals surface area (Å²) in [6.07, 6.45) is 6.26. The van der Waals surface area contributed by atoms with Gasteiger partial charge in [0.25, 0.3) is 0 Å². The quantitative estimate of drug-likeness (QED) is 0.298. The van der Waals surface area contributed by atoms with Gasteiger partial charge in [0, 0.05) is 56.5 Å². The Balaban J connectivity index is 1.23. The second-order valence-corrected chi connectivity index (χ2v) is 10.3. The summed E-state index contributed by atoms with van der Waals surface area (Å²) in [6.45, 7) is 6.43. The number of nitrogens with zero attached hydrogens (tertiary/aromatic N) is 5. The van der Waals surface area contributed by atoms with E-state index >= 15 is 0 Å². The van der Waals surface area contributed by atoms with Crippen LogP contribution in [0.15, 0.2) is 48.1 Å². The maximum Gasteiger partial charge on any atom is 0.222 e. The highest BCUT2D eigenvalue weighted by molar-refractivity contribution is 7.17. The summed E-state index contributed by atoms with van der Waals surface area (Å²) < 4.78 is 3.16. The molecule has 5 rings (SSSR count). The topological polar surface area (TPSA) is 105 Å². The fraction of sp³-hybridized carbons (Fsp3) is 0.370. The third-order valence-corrected chi connectivity index (χ3v) is 7.78. The van der Waals surface area contributed by atoms with E-state index in [2.05, 4.69) is 49.5 Å². The van der Waals surface area contributed by atoms with Crippen molar-refractivity contribution in [3.63, 3.8) is 0 Å². The zero-order valence-electron chi connectivity index (χ0n) is 21.1. The Hall–Kier alpha value is -3.79. The van der Waals surface area contributed by atoms with Crippen molar-refractivity contribution >= 4 is 50.3 Å². The molecule has 10 heteroatoms. The number of fused-ring (bicyclic) bond motifs is 1. The zero-order valence-corrected chi connectivity index (χ0v) is 21.9. The maximum absolute atomic E-state index is 12.2. The Bertz CT molecular complexity index is 1400. The third kappa shape index (κ3) is 5.80. The largest absolute Gasteiger partial charge is 0.379 e. The van der Waals surface area contributed by atoms with Gasteiger partial charge in [0.2, 0.25) is 5.91 Å².